The van der Waals surface area contributed by atoms with Crippen LogP contribution in [0.25, 0.3) is 10.8 Å². The first-order chi connectivity index (χ1) is 13.3. The summed E-state index contributed by atoms with van der Waals surface area (Å²) < 4.78 is 59.3. The topological polar surface area (TPSA) is 149 Å². The smallest absolute Gasteiger partial charge is 0.294 e. The third kappa shape index (κ3) is 6.16. The molecule has 8 nitrogen and oxygen atoms in total. The summed E-state index contributed by atoms with van der Waals surface area (Å²) in [4.78, 5) is -0.332. The minimum atomic E-state index is -4.28. The molecule has 0 saturated heterocycles. The lowest BCUT2D eigenvalue weighted by Crippen LogP contribution is -2.02. The number of aromatic hydroxyl groups is 2. The molecule has 0 saturated carbocycles. The van der Waals surface area contributed by atoms with Crippen LogP contribution in [0.3, 0.4) is 0 Å². The highest BCUT2D eigenvalue weighted by molar-refractivity contribution is 7.86. The summed E-state index contributed by atoms with van der Waals surface area (Å²) in [5, 5.41) is 20.7. The van der Waals surface area contributed by atoms with Gasteiger partial charge in [-0.25, -0.2) is 0 Å². The predicted molar refractivity (Wildman–Crippen MR) is 108 cm³/mol. The number of aryl methyl sites for hydroxylation is 2. The maximum atomic E-state index is 10.6. The number of hydrogen-bond donors (Lipinski definition) is 4. The van der Waals surface area contributed by atoms with Crippen molar-refractivity contribution in [2.45, 2.75) is 24.5 Å². The molecule has 0 fully saturated rings. The van der Waals surface area contributed by atoms with Gasteiger partial charge in [-0.1, -0.05) is 12.1 Å². The Labute approximate surface area is 168 Å². The van der Waals surface area contributed by atoms with Gasteiger partial charge in [0.25, 0.3) is 20.2 Å². The van der Waals surface area contributed by atoms with Crippen molar-refractivity contribution in [3.8, 4) is 11.5 Å². The molecule has 0 aliphatic carbocycles. The van der Waals surface area contributed by atoms with E-state index in [1.807, 2.05) is 13.8 Å². The predicted octanol–water partition coefficient (Wildman–Crippen LogP) is 3.19. The lowest BCUT2D eigenvalue weighted by molar-refractivity contribution is 0.474. The highest BCUT2D eigenvalue weighted by Gasteiger charge is 2.11. The van der Waals surface area contributed by atoms with E-state index >= 15 is 0 Å². The Morgan fingerprint density at radius 1 is 0.793 bits per heavy atom. The van der Waals surface area contributed by atoms with Crippen molar-refractivity contribution >= 4 is 31.0 Å². The van der Waals surface area contributed by atoms with E-state index in [4.69, 9.17) is 9.11 Å². The molecule has 0 aliphatic rings. The van der Waals surface area contributed by atoms with E-state index in [1.54, 1.807) is 24.3 Å². The Bertz CT molecular complexity index is 1250. The molecule has 4 N–H and O–H groups in total. The zero-order chi connectivity index (χ0) is 22.0. The van der Waals surface area contributed by atoms with Crippen molar-refractivity contribution in [1.82, 2.24) is 0 Å². The second kappa shape index (κ2) is 8.37. The second-order valence-electron chi connectivity index (χ2n) is 6.41. The lowest BCUT2D eigenvalue weighted by Gasteiger charge is -2.08. The molecule has 0 heterocycles. The van der Waals surface area contributed by atoms with Gasteiger partial charge in [-0.2, -0.15) is 16.8 Å². The molecule has 0 unspecified atom stereocenters. The third-order valence-electron chi connectivity index (χ3n) is 4.20. The first-order valence-corrected chi connectivity index (χ1v) is 11.3. The SMILES string of the molecule is Cc1cc(O)c2ccc(O)cc2c1C.O=S(=O)(O)Cc1ccc(S(=O)(=O)O)cc1. The minimum absolute atomic E-state index is 0.227. The van der Waals surface area contributed by atoms with Gasteiger partial charge >= 0.3 is 0 Å². The molecule has 156 valence electrons. The minimum Gasteiger partial charge on any atom is -0.508 e. The van der Waals surface area contributed by atoms with Crippen LogP contribution in [0.2, 0.25) is 0 Å². The zero-order valence-corrected chi connectivity index (χ0v) is 17.2. The zero-order valence-electron chi connectivity index (χ0n) is 15.6. The van der Waals surface area contributed by atoms with Crippen LogP contribution in [0, 0.1) is 13.8 Å². The number of hydrogen-bond acceptors (Lipinski definition) is 6. The van der Waals surface area contributed by atoms with Crippen molar-refractivity contribution in [2.75, 3.05) is 0 Å². The van der Waals surface area contributed by atoms with Gasteiger partial charge < -0.3 is 10.2 Å². The number of fused-ring (bicyclic) bond motifs is 1. The lowest BCUT2D eigenvalue weighted by atomic mass is 10.00. The first-order valence-electron chi connectivity index (χ1n) is 8.21. The molecule has 0 aromatic heterocycles. The van der Waals surface area contributed by atoms with E-state index in [2.05, 4.69) is 0 Å². The van der Waals surface area contributed by atoms with Gasteiger partial charge in [-0.3, -0.25) is 9.11 Å². The molecule has 0 atom stereocenters. The summed E-state index contributed by atoms with van der Waals surface area (Å²) in [6, 6.07) is 11.2. The Morgan fingerprint density at radius 2 is 1.38 bits per heavy atom. The van der Waals surface area contributed by atoms with Gasteiger partial charge in [0.05, 0.1) is 4.90 Å². The molecule has 0 amide bonds. The van der Waals surface area contributed by atoms with E-state index in [0.717, 1.165) is 34.0 Å². The summed E-state index contributed by atoms with van der Waals surface area (Å²) in [7, 11) is -8.41. The van der Waals surface area contributed by atoms with Gasteiger partial charge in [0.15, 0.2) is 0 Å². The van der Waals surface area contributed by atoms with E-state index in [9.17, 15) is 27.0 Å². The molecule has 10 heteroatoms. The number of phenolic OH excluding ortho intramolecular Hbond substituents is 2. The van der Waals surface area contributed by atoms with Crippen molar-refractivity contribution in [3.63, 3.8) is 0 Å². The quantitative estimate of drug-likeness (QED) is 0.454. The summed E-state index contributed by atoms with van der Waals surface area (Å²) in [5.41, 5.74) is 2.35. The van der Waals surface area contributed by atoms with E-state index < -0.39 is 26.0 Å². The van der Waals surface area contributed by atoms with Gasteiger partial charge in [-0.15, -0.1) is 0 Å². The summed E-state index contributed by atoms with van der Waals surface area (Å²) in [5.74, 6) is -0.104. The van der Waals surface area contributed by atoms with E-state index in [1.165, 1.54) is 12.1 Å². The fourth-order valence-electron chi connectivity index (χ4n) is 2.64. The van der Waals surface area contributed by atoms with Crippen molar-refractivity contribution < 1.29 is 36.2 Å². The number of rotatable bonds is 3. The molecular formula is C19H20O8S2. The molecule has 3 rings (SSSR count). The Morgan fingerprint density at radius 3 is 1.90 bits per heavy atom. The normalized spacial score (nSPS) is 11.7. The third-order valence-corrected chi connectivity index (χ3v) is 5.76. The van der Waals surface area contributed by atoms with E-state index in [0.29, 0.717) is 0 Å². The Balaban J connectivity index is 0.000000207. The van der Waals surface area contributed by atoms with Crippen molar-refractivity contribution in [1.29, 1.82) is 0 Å². The fourth-order valence-corrected chi connectivity index (χ4v) is 3.73. The maximum absolute atomic E-state index is 10.6. The molecule has 0 radical (unpaired) electrons. The largest absolute Gasteiger partial charge is 0.508 e. The van der Waals surface area contributed by atoms with Gasteiger partial charge in [0.1, 0.15) is 17.3 Å². The van der Waals surface area contributed by atoms with Crippen molar-refractivity contribution in [3.05, 3.63) is 65.2 Å². The van der Waals surface area contributed by atoms with Gasteiger partial charge in [0, 0.05) is 5.39 Å². The van der Waals surface area contributed by atoms with Crippen molar-refractivity contribution in [2.24, 2.45) is 0 Å². The van der Waals surface area contributed by atoms with Crippen LogP contribution in [0.4, 0.5) is 0 Å². The number of benzene rings is 3. The Kier molecular flexibility index (Phi) is 6.53. The maximum Gasteiger partial charge on any atom is 0.294 e. The summed E-state index contributed by atoms with van der Waals surface area (Å²) in [6.45, 7) is 3.93. The highest BCUT2D eigenvalue weighted by Crippen LogP contribution is 2.32. The molecule has 0 aliphatic heterocycles. The second-order valence-corrected chi connectivity index (χ2v) is 9.29. The van der Waals surface area contributed by atoms with Crippen LogP contribution in [0.5, 0.6) is 11.5 Å². The number of phenols is 2. The van der Waals surface area contributed by atoms with Crippen LogP contribution in [0.15, 0.2) is 53.4 Å². The van der Waals surface area contributed by atoms with Crippen LogP contribution >= 0.6 is 0 Å². The average molecular weight is 440 g/mol. The fraction of sp³-hybridized carbons (Fsp3) is 0.158. The van der Waals surface area contributed by atoms with Gasteiger partial charge in [-0.05, 0) is 72.3 Å². The monoisotopic (exact) mass is 440 g/mol. The standard InChI is InChI=1S/C12H12O2.C7H8O6S2/c1-7-5-12(14)10-4-3-9(13)6-11(10)8(7)2;8-14(9,10)5-6-1-3-7(4-2-6)15(11,12)13/h3-6,13-14H,1-2H3;1-4H,5H2,(H,8,9,10)(H,11,12,13). The Hall–Kier alpha value is -2.66. The average Bonchev–Trinajstić information content (AvgIpc) is 2.58. The molecule has 29 heavy (non-hydrogen) atoms. The molecule has 0 spiro atoms. The molecule has 3 aromatic rings. The van der Waals surface area contributed by atoms with Gasteiger partial charge in [0.2, 0.25) is 0 Å². The molecule has 3 aromatic carbocycles. The highest BCUT2D eigenvalue weighted by atomic mass is 32.2. The van der Waals surface area contributed by atoms with Crippen LogP contribution in [-0.2, 0) is 26.0 Å². The van der Waals surface area contributed by atoms with Crippen LogP contribution in [0.1, 0.15) is 16.7 Å². The first kappa shape index (κ1) is 22.6. The molecule has 0 bridgehead atoms. The van der Waals surface area contributed by atoms with E-state index in [-0.39, 0.29) is 22.0 Å². The van der Waals surface area contributed by atoms with Crippen LogP contribution < -0.4 is 0 Å². The molecular weight excluding hydrogens is 420 g/mol. The van der Waals surface area contributed by atoms with Crippen LogP contribution in [-0.4, -0.2) is 36.2 Å². The summed E-state index contributed by atoms with van der Waals surface area (Å²) >= 11 is 0. The summed E-state index contributed by atoms with van der Waals surface area (Å²) in [6.07, 6.45) is 0.